The van der Waals surface area contributed by atoms with Crippen molar-refractivity contribution in [3.8, 4) is 0 Å². The lowest BCUT2D eigenvalue weighted by molar-refractivity contribution is -0.142. The Balaban J connectivity index is 1.87. The van der Waals surface area contributed by atoms with Crippen LogP contribution >= 0.6 is 0 Å². The van der Waals surface area contributed by atoms with E-state index in [4.69, 9.17) is 4.74 Å². The lowest BCUT2D eigenvalue weighted by Crippen LogP contribution is -2.56. The van der Waals surface area contributed by atoms with Gasteiger partial charge in [0.05, 0.1) is 25.4 Å². The van der Waals surface area contributed by atoms with Gasteiger partial charge in [-0.2, -0.15) is 0 Å². The number of ether oxygens (including phenoxy) is 1. The summed E-state index contributed by atoms with van der Waals surface area (Å²) in [7, 11) is 0. The van der Waals surface area contributed by atoms with Gasteiger partial charge in [-0.25, -0.2) is 10.4 Å². The van der Waals surface area contributed by atoms with Gasteiger partial charge in [0.1, 0.15) is 0 Å². The molecule has 0 spiro atoms. The number of esters is 1. The van der Waals surface area contributed by atoms with Crippen molar-refractivity contribution in [3.63, 3.8) is 0 Å². The largest absolute Gasteiger partial charge is 0.466 e. The van der Waals surface area contributed by atoms with Crippen LogP contribution in [-0.4, -0.2) is 36.5 Å². The lowest BCUT2D eigenvalue weighted by Gasteiger charge is -2.34. The van der Waals surface area contributed by atoms with Gasteiger partial charge >= 0.3 is 5.97 Å². The molecule has 25 heavy (non-hydrogen) atoms. The van der Waals surface area contributed by atoms with Crippen LogP contribution in [0.4, 0.5) is 0 Å². The van der Waals surface area contributed by atoms with E-state index in [2.05, 4.69) is 16.1 Å². The lowest BCUT2D eigenvalue weighted by atomic mass is 9.94. The molecule has 2 aliphatic rings. The summed E-state index contributed by atoms with van der Waals surface area (Å²) in [5.41, 5.74) is 6.42. The number of hydrogen-bond acceptors (Lipinski definition) is 6. The minimum Gasteiger partial charge on any atom is -0.466 e. The topological polar surface area (TPSA) is 82.7 Å². The minimum atomic E-state index is -0.260. The summed E-state index contributed by atoms with van der Waals surface area (Å²) in [5.74, 6) is -0.174. The molecule has 0 saturated carbocycles. The predicted octanol–water partition coefficient (Wildman–Crippen LogP) is 0.940. The Kier molecular flexibility index (Phi) is 5.06. The first-order valence-electron chi connectivity index (χ1n) is 8.57. The first kappa shape index (κ1) is 17.4. The number of carbonyl (C=O) groups is 2. The molecular formula is C18H24N4O3. The van der Waals surface area contributed by atoms with Crippen LogP contribution in [-0.2, 0) is 20.7 Å². The van der Waals surface area contributed by atoms with Crippen LogP contribution < -0.4 is 16.1 Å². The van der Waals surface area contributed by atoms with E-state index in [1.54, 1.807) is 11.9 Å². The smallest absolute Gasteiger partial charge is 0.310 e. The summed E-state index contributed by atoms with van der Waals surface area (Å²) in [6.07, 6.45) is -0.0115. The number of benzene rings is 1. The molecule has 3 N–H and O–H groups in total. The molecule has 1 aromatic carbocycles. The molecule has 1 unspecified atom stereocenters. The van der Waals surface area contributed by atoms with Gasteiger partial charge in [-0.05, 0) is 24.0 Å². The molecule has 1 fully saturated rings. The second-order valence-corrected chi connectivity index (χ2v) is 6.38. The van der Waals surface area contributed by atoms with Gasteiger partial charge in [-0.3, -0.25) is 14.9 Å². The highest BCUT2D eigenvalue weighted by Crippen LogP contribution is 2.28. The maximum atomic E-state index is 12.8. The van der Waals surface area contributed by atoms with Crippen LogP contribution in [0.25, 0.3) is 5.70 Å². The molecule has 7 nitrogen and oxygen atoms in total. The second kappa shape index (κ2) is 7.25. The Bertz CT molecular complexity index is 697. The zero-order valence-electron chi connectivity index (χ0n) is 14.8. The first-order chi connectivity index (χ1) is 12.0. The molecule has 2 heterocycles. The Hall–Kier alpha value is -2.38. The molecule has 0 bridgehead atoms. The average molecular weight is 344 g/mol. The fraction of sp³-hybridized carbons (Fsp3) is 0.444. The van der Waals surface area contributed by atoms with Gasteiger partial charge in [0, 0.05) is 5.57 Å². The van der Waals surface area contributed by atoms with E-state index in [-0.39, 0.29) is 30.5 Å². The summed E-state index contributed by atoms with van der Waals surface area (Å²) in [6, 6.07) is 7.67. The van der Waals surface area contributed by atoms with Crippen LogP contribution in [0.5, 0.6) is 0 Å². The molecule has 134 valence electrons. The fourth-order valence-corrected chi connectivity index (χ4v) is 3.11. The number of hydrogen-bond donors (Lipinski definition) is 3. The molecule has 0 radical (unpaired) electrons. The molecule has 1 saturated heterocycles. The average Bonchev–Trinajstić information content (AvgIpc) is 3.04. The van der Waals surface area contributed by atoms with Gasteiger partial charge in [0.15, 0.2) is 6.29 Å². The Morgan fingerprint density at radius 3 is 2.68 bits per heavy atom. The molecule has 1 aromatic rings. The number of hydrazine groups is 1. The van der Waals surface area contributed by atoms with Crippen molar-refractivity contribution in [2.45, 2.75) is 33.5 Å². The second-order valence-electron chi connectivity index (χ2n) is 6.38. The fourth-order valence-electron chi connectivity index (χ4n) is 3.11. The van der Waals surface area contributed by atoms with Crippen molar-refractivity contribution in [1.82, 2.24) is 21.1 Å². The van der Waals surface area contributed by atoms with E-state index < -0.39 is 0 Å². The number of amides is 1. The summed E-state index contributed by atoms with van der Waals surface area (Å²) in [4.78, 5) is 24.4. The summed E-state index contributed by atoms with van der Waals surface area (Å²) in [6.45, 7) is 6.73. The van der Waals surface area contributed by atoms with Crippen LogP contribution in [0, 0.1) is 5.92 Å². The SMILES string of the molecule is CCOC(=O)Cc1ccc(C2=C(C(C)C)C(=O)N3NCNC3N2)cc1. The monoisotopic (exact) mass is 344 g/mol. The van der Waals surface area contributed by atoms with Crippen molar-refractivity contribution in [1.29, 1.82) is 0 Å². The summed E-state index contributed by atoms with van der Waals surface area (Å²) >= 11 is 0. The molecule has 1 atom stereocenters. The predicted molar refractivity (Wildman–Crippen MR) is 93.4 cm³/mol. The molecule has 7 heteroatoms. The molecule has 0 aromatic heterocycles. The minimum absolute atomic E-state index is 0.0191. The number of carbonyl (C=O) groups excluding carboxylic acids is 2. The Labute approximate surface area is 147 Å². The van der Waals surface area contributed by atoms with Crippen molar-refractivity contribution >= 4 is 17.6 Å². The molecule has 3 rings (SSSR count). The third kappa shape index (κ3) is 3.52. The van der Waals surface area contributed by atoms with Crippen molar-refractivity contribution < 1.29 is 14.3 Å². The van der Waals surface area contributed by atoms with Gasteiger partial charge in [0.25, 0.3) is 5.91 Å². The quantitative estimate of drug-likeness (QED) is 0.690. The molecule has 0 aliphatic carbocycles. The zero-order valence-corrected chi connectivity index (χ0v) is 14.8. The van der Waals surface area contributed by atoms with Crippen LogP contribution in [0.3, 0.4) is 0 Å². The van der Waals surface area contributed by atoms with E-state index in [0.717, 1.165) is 22.4 Å². The van der Waals surface area contributed by atoms with Crippen molar-refractivity contribution in [2.75, 3.05) is 13.3 Å². The van der Waals surface area contributed by atoms with E-state index >= 15 is 0 Å². The highest BCUT2D eigenvalue weighted by Gasteiger charge is 2.38. The maximum Gasteiger partial charge on any atom is 0.310 e. The summed E-state index contributed by atoms with van der Waals surface area (Å²) < 4.78 is 4.98. The van der Waals surface area contributed by atoms with E-state index in [1.807, 2.05) is 38.1 Å². The van der Waals surface area contributed by atoms with Crippen molar-refractivity contribution in [2.24, 2.45) is 5.92 Å². The van der Waals surface area contributed by atoms with Gasteiger partial charge in [-0.15, -0.1) is 0 Å². The normalized spacial score (nSPS) is 19.9. The van der Waals surface area contributed by atoms with Crippen LogP contribution in [0.1, 0.15) is 31.9 Å². The van der Waals surface area contributed by atoms with Gasteiger partial charge in [-0.1, -0.05) is 38.1 Å². The summed E-state index contributed by atoms with van der Waals surface area (Å²) in [5, 5.41) is 8.17. The number of rotatable bonds is 5. The highest BCUT2D eigenvalue weighted by molar-refractivity contribution is 6.02. The highest BCUT2D eigenvalue weighted by atomic mass is 16.5. The number of nitrogens with zero attached hydrogens (tertiary/aromatic N) is 1. The van der Waals surface area contributed by atoms with E-state index in [0.29, 0.717) is 13.3 Å². The van der Waals surface area contributed by atoms with Crippen molar-refractivity contribution in [3.05, 3.63) is 41.0 Å². The Morgan fingerprint density at radius 1 is 1.32 bits per heavy atom. The molecular weight excluding hydrogens is 320 g/mol. The first-order valence-corrected chi connectivity index (χ1v) is 8.57. The number of fused-ring (bicyclic) bond motifs is 1. The number of nitrogens with one attached hydrogen (secondary N) is 3. The van der Waals surface area contributed by atoms with E-state index in [9.17, 15) is 9.59 Å². The van der Waals surface area contributed by atoms with Crippen LogP contribution in [0.15, 0.2) is 29.8 Å². The third-order valence-electron chi connectivity index (χ3n) is 4.28. The standard InChI is InChI=1S/C18H24N4O3/c1-4-25-14(23)9-12-5-7-13(8-6-12)16-15(11(2)3)17(24)22-18(21-16)19-10-20-22/h5-8,11,18-21H,4,9-10H2,1-3H3. The van der Waals surface area contributed by atoms with Gasteiger partial charge < -0.3 is 10.1 Å². The Morgan fingerprint density at radius 2 is 2.04 bits per heavy atom. The third-order valence-corrected chi connectivity index (χ3v) is 4.28. The maximum absolute atomic E-state index is 12.8. The molecule has 2 aliphatic heterocycles. The van der Waals surface area contributed by atoms with Gasteiger partial charge in [0.2, 0.25) is 0 Å². The zero-order chi connectivity index (χ0) is 18.0. The van der Waals surface area contributed by atoms with Crippen LogP contribution in [0.2, 0.25) is 0 Å². The van der Waals surface area contributed by atoms with E-state index in [1.165, 1.54) is 0 Å². The molecule has 1 amide bonds.